The number of nitro groups is 1. The largest absolute Gasteiger partial charge is 0.438 e. The van der Waals surface area contributed by atoms with E-state index in [2.05, 4.69) is 57.5 Å². The van der Waals surface area contributed by atoms with Crippen molar-refractivity contribution in [3.8, 4) is 0 Å². The highest BCUT2D eigenvalue weighted by Gasteiger charge is 2.49. The predicted molar refractivity (Wildman–Crippen MR) is 168 cm³/mol. The third-order valence-corrected chi connectivity index (χ3v) is 11.8. The van der Waals surface area contributed by atoms with Crippen LogP contribution in [0.4, 0.5) is 5.88 Å². The van der Waals surface area contributed by atoms with Crippen molar-refractivity contribution in [2.75, 3.05) is 0 Å². The zero-order valence-electron chi connectivity index (χ0n) is 25.9. The summed E-state index contributed by atoms with van der Waals surface area (Å²) >= 11 is 3.45. The van der Waals surface area contributed by atoms with Crippen LogP contribution in [0.3, 0.4) is 0 Å². The molecule has 0 radical (unpaired) electrons. The molecule has 238 valence electrons. The van der Waals surface area contributed by atoms with Gasteiger partial charge >= 0.3 is 19.4 Å². The average Bonchev–Trinajstić information content (AvgIpc) is 3.43. The van der Waals surface area contributed by atoms with Crippen molar-refractivity contribution in [1.82, 2.24) is 0 Å². The second kappa shape index (κ2) is 14.4. The Balaban J connectivity index is 1.79. The van der Waals surface area contributed by atoms with Crippen molar-refractivity contribution in [3.05, 3.63) is 62.3 Å². The number of ether oxygens (including phenoxy) is 1. The van der Waals surface area contributed by atoms with Gasteiger partial charge in [0.15, 0.2) is 0 Å². The van der Waals surface area contributed by atoms with Crippen LogP contribution in [0.2, 0.25) is 0 Å². The van der Waals surface area contributed by atoms with Crippen molar-refractivity contribution < 1.29 is 32.5 Å². The first kappa shape index (κ1) is 33.9. The van der Waals surface area contributed by atoms with Crippen molar-refractivity contribution in [2.24, 2.45) is 35.5 Å². The molecule has 2 aromatic rings. The van der Waals surface area contributed by atoms with E-state index in [0.717, 1.165) is 49.1 Å². The third kappa shape index (κ3) is 8.38. The standard InChI is InChI=1S/C32H45BrNO8P/c1-19(2)25-13-7-21(5)17-28(25)41-43(38,42-29-18-22(6)8-14-26(29)20(3)4)32(23-9-11-24(33)12-10-23)40-31(35)27-15-16-30(39-27)34(36)37/h9-12,15-16,19-22,25-26,28-29,32H,7-8,13-14,17-18H2,1-6H3/t21-,22-,25-,26+,28-,29-,32+,43?/m1/s1. The van der Waals surface area contributed by atoms with Gasteiger partial charge in [-0.25, -0.2) is 4.79 Å². The van der Waals surface area contributed by atoms with Gasteiger partial charge < -0.3 is 18.2 Å². The molecule has 2 fully saturated rings. The summed E-state index contributed by atoms with van der Waals surface area (Å²) in [4.78, 5) is 23.9. The predicted octanol–water partition coefficient (Wildman–Crippen LogP) is 9.95. The van der Waals surface area contributed by atoms with Crippen LogP contribution >= 0.6 is 23.5 Å². The molecule has 9 nitrogen and oxygen atoms in total. The Labute approximate surface area is 263 Å². The molecule has 8 atom stereocenters. The maximum atomic E-state index is 15.5. The molecule has 11 heteroatoms. The lowest BCUT2D eigenvalue weighted by atomic mass is 9.75. The van der Waals surface area contributed by atoms with E-state index in [1.54, 1.807) is 24.3 Å². The molecule has 0 spiro atoms. The van der Waals surface area contributed by atoms with Crippen LogP contribution in [0.15, 0.2) is 45.3 Å². The lowest BCUT2D eigenvalue weighted by Crippen LogP contribution is -2.37. The van der Waals surface area contributed by atoms with Crippen molar-refractivity contribution in [2.45, 2.75) is 98.1 Å². The van der Waals surface area contributed by atoms with E-state index in [9.17, 15) is 14.9 Å². The lowest BCUT2D eigenvalue weighted by molar-refractivity contribution is -0.402. The van der Waals surface area contributed by atoms with Crippen molar-refractivity contribution in [3.63, 3.8) is 0 Å². The first-order valence-electron chi connectivity index (χ1n) is 15.4. The normalized spacial score (nSPS) is 28.4. The molecule has 43 heavy (non-hydrogen) atoms. The van der Waals surface area contributed by atoms with Gasteiger partial charge in [-0.2, -0.15) is 0 Å². The van der Waals surface area contributed by atoms with Gasteiger partial charge in [-0.05, 0) is 79.4 Å². The molecular weight excluding hydrogens is 637 g/mol. The second-order valence-corrected chi connectivity index (χ2v) is 16.1. The van der Waals surface area contributed by atoms with Gasteiger partial charge in [0.05, 0.1) is 18.3 Å². The maximum absolute atomic E-state index is 15.5. The van der Waals surface area contributed by atoms with Gasteiger partial charge in [-0.15, -0.1) is 0 Å². The zero-order valence-corrected chi connectivity index (χ0v) is 28.4. The Morgan fingerprint density at radius 1 is 0.907 bits per heavy atom. The number of nitrogens with zero attached hydrogens (tertiary/aromatic N) is 1. The Hall–Kier alpha value is -2.00. The number of benzene rings is 1. The lowest BCUT2D eigenvalue weighted by Gasteiger charge is -2.43. The minimum Gasteiger partial charge on any atom is -0.438 e. The smallest absolute Gasteiger partial charge is 0.433 e. The van der Waals surface area contributed by atoms with E-state index < -0.39 is 30.2 Å². The molecule has 1 aromatic carbocycles. The minimum absolute atomic E-state index is 0.160. The molecule has 1 unspecified atom stereocenters. The fraction of sp³-hybridized carbons (Fsp3) is 0.656. The number of rotatable bonds is 11. The number of carbonyl (C=O) groups excluding carboxylic acids is 1. The summed E-state index contributed by atoms with van der Waals surface area (Å²) in [5.74, 6) is -1.68. The van der Waals surface area contributed by atoms with Crippen molar-refractivity contribution >= 4 is 35.4 Å². The average molecular weight is 683 g/mol. The summed E-state index contributed by atoms with van der Waals surface area (Å²) in [6, 6.07) is 9.26. The van der Waals surface area contributed by atoms with Crippen LogP contribution < -0.4 is 0 Å². The number of halogens is 1. The quantitative estimate of drug-likeness (QED) is 0.0995. The highest BCUT2D eigenvalue weighted by Crippen LogP contribution is 2.66. The third-order valence-electron chi connectivity index (χ3n) is 9.12. The summed E-state index contributed by atoms with van der Waals surface area (Å²) in [6.07, 6.45) is 4.74. The van der Waals surface area contributed by atoms with E-state index in [0.29, 0.717) is 29.2 Å². The van der Waals surface area contributed by atoms with Crippen LogP contribution in [0.1, 0.15) is 102 Å². The number of hydrogen-bond donors (Lipinski definition) is 0. The molecule has 1 heterocycles. The van der Waals surface area contributed by atoms with Crippen molar-refractivity contribution in [1.29, 1.82) is 0 Å². The van der Waals surface area contributed by atoms with Crippen LogP contribution in [0, 0.1) is 45.6 Å². The molecule has 4 rings (SSSR count). The summed E-state index contributed by atoms with van der Waals surface area (Å²) in [5, 5.41) is 11.2. The Bertz CT molecular complexity index is 1260. The summed E-state index contributed by atoms with van der Waals surface area (Å²) < 4.78 is 40.8. The van der Waals surface area contributed by atoms with Crippen LogP contribution in [-0.4, -0.2) is 23.1 Å². The van der Waals surface area contributed by atoms with Gasteiger partial charge in [0.1, 0.15) is 4.92 Å². The summed E-state index contributed by atoms with van der Waals surface area (Å²) in [7, 11) is -4.23. The molecule has 1 aromatic heterocycles. The Kier molecular flexibility index (Phi) is 11.3. The summed E-state index contributed by atoms with van der Waals surface area (Å²) in [6.45, 7) is 12.9. The molecule has 0 amide bonds. The highest BCUT2D eigenvalue weighted by atomic mass is 79.9. The fourth-order valence-corrected chi connectivity index (χ4v) is 9.16. The minimum atomic E-state index is -4.23. The topological polar surface area (TPSA) is 118 Å². The number of furan rings is 1. The Morgan fingerprint density at radius 3 is 1.86 bits per heavy atom. The van der Waals surface area contributed by atoms with Gasteiger partial charge in [-0.3, -0.25) is 14.7 Å². The number of esters is 1. The molecule has 0 saturated heterocycles. The fourth-order valence-electron chi connectivity index (χ4n) is 6.62. The molecule has 0 N–H and O–H groups in total. The van der Waals surface area contributed by atoms with E-state index in [4.69, 9.17) is 18.2 Å². The monoisotopic (exact) mass is 681 g/mol. The van der Waals surface area contributed by atoms with Gasteiger partial charge in [0.25, 0.3) is 0 Å². The Morgan fingerprint density at radius 2 is 1.42 bits per heavy atom. The van der Waals surface area contributed by atoms with Gasteiger partial charge in [0.2, 0.25) is 11.6 Å². The van der Waals surface area contributed by atoms with Crippen LogP contribution in [0.5, 0.6) is 0 Å². The van der Waals surface area contributed by atoms with Crippen LogP contribution in [0.25, 0.3) is 0 Å². The van der Waals surface area contributed by atoms with Gasteiger partial charge in [0, 0.05) is 10.0 Å². The number of carbonyl (C=O) groups is 1. The maximum Gasteiger partial charge on any atom is 0.433 e. The van der Waals surface area contributed by atoms with Gasteiger partial charge in [-0.1, -0.05) is 82.4 Å². The van der Waals surface area contributed by atoms with Crippen LogP contribution in [-0.2, 0) is 18.3 Å². The molecular formula is C32H45BrNO8P. The molecule has 0 aliphatic heterocycles. The number of hydrogen-bond acceptors (Lipinski definition) is 8. The van der Waals surface area contributed by atoms with E-state index >= 15 is 4.57 Å². The van der Waals surface area contributed by atoms with E-state index in [1.807, 2.05) is 0 Å². The first-order valence-corrected chi connectivity index (χ1v) is 17.8. The zero-order chi connectivity index (χ0) is 31.5. The first-order chi connectivity index (χ1) is 20.3. The SMILES string of the molecule is CC(C)[C@H]1CC[C@@H](C)C[C@H]1OP(=O)(O[C@@H]1C[C@H](C)CC[C@H]1C(C)C)[C@H](OC(=O)c1ccc([N+](=O)[O-])o1)c1ccc(Br)cc1. The highest BCUT2D eigenvalue weighted by molar-refractivity contribution is 9.10. The van der Waals surface area contributed by atoms with E-state index in [-0.39, 0.29) is 29.8 Å². The van der Waals surface area contributed by atoms with E-state index in [1.165, 1.54) is 6.07 Å². The summed E-state index contributed by atoms with van der Waals surface area (Å²) in [5.41, 5.74) is 0.441. The second-order valence-electron chi connectivity index (χ2n) is 13.2. The molecule has 2 aliphatic rings. The molecule has 2 saturated carbocycles. The molecule has 0 bridgehead atoms. The molecule has 2 aliphatic carbocycles.